The average Bonchev–Trinajstić information content (AvgIpc) is 2.44. The predicted octanol–water partition coefficient (Wildman–Crippen LogP) is 0.0871. The van der Waals surface area contributed by atoms with Gasteiger partial charge in [-0.3, -0.25) is 9.59 Å². The molecule has 14 heavy (non-hydrogen) atoms. The molecular weight excluding hydrogens is 180 g/mol. The van der Waals surface area contributed by atoms with E-state index in [0.717, 1.165) is 32.6 Å². The lowest BCUT2D eigenvalue weighted by Gasteiger charge is -2.47. The predicted molar refractivity (Wildman–Crippen MR) is 51.6 cm³/mol. The van der Waals surface area contributed by atoms with Crippen LogP contribution in [0.5, 0.6) is 0 Å². The van der Waals surface area contributed by atoms with Crippen LogP contribution in [0.3, 0.4) is 0 Å². The van der Waals surface area contributed by atoms with Gasteiger partial charge in [0.05, 0.1) is 0 Å². The van der Waals surface area contributed by atoms with E-state index >= 15 is 0 Å². The highest BCUT2D eigenvalue weighted by molar-refractivity contribution is 5.75. The van der Waals surface area contributed by atoms with E-state index in [1.165, 1.54) is 0 Å². The van der Waals surface area contributed by atoms with Gasteiger partial charge in [0.25, 0.3) is 0 Å². The molecule has 0 aromatic carbocycles. The van der Waals surface area contributed by atoms with Gasteiger partial charge in [0.2, 0.25) is 11.8 Å². The van der Waals surface area contributed by atoms with Gasteiger partial charge in [-0.1, -0.05) is 0 Å². The number of hydrogen-bond donors (Lipinski definition) is 0. The van der Waals surface area contributed by atoms with E-state index in [9.17, 15) is 9.59 Å². The Morgan fingerprint density at radius 2 is 1.50 bits per heavy atom. The Balaban J connectivity index is 1.91. The third kappa shape index (κ3) is 1.38. The molecule has 2 aliphatic heterocycles. The molecule has 0 N–H and O–H groups in total. The first-order valence-corrected chi connectivity index (χ1v) is 5.03. The molecule has 0 radical (unpaired) electrons. The number of carbonyl (C=O) groups is 2. The van der Waals surface area contributed by atoms with Crippen molar-refractivity contribution in [2.24, 2.45) is 5.41 Å². The summed E-state index contributed by atoms with van der Waals surface area (Å²) in [7, 11) is 0. The lowest BCUT2D eigenvalue weighted by atomic mass is 9.79. The summed E-state index contributed by atoms with van der Waals surface area (Å²) in [6, 6.07) is 0. The van der Waals surface area contributed by atoms with Crippen molar-refractivity contribution >= 4 is 11.8 Å². The van der Waals surface area contributed by atoms with Gasteiger partial charge in [-0.05, 0) is 6.42 Å². The summed E-state index contributed by atoms with van der Waals surface area (Å²) in [5, 5.41) is 0. The quantitative estimate of drug-likeness (QED) is 0.551. The Hall–Kier alpha value is -1.06. The zero-order chi connectivity index (χ0) is 10.3. The first kappa shape index (κ1) is 9.49. The molecule has 78 valence electrons. The maximum atomic E-state index is 11.1. The summed E-state index contributed by atoms with van der Waals surface area (Å²) < 4.78 is 0. The first-order chi connectivity index (χ1) is 6.52. The fourth-order valence-electron chi connectivity index (χ4n) is 2.45. The Bertz CT molecular complexity index is 282. The van der Waals surface area contributed by atoms with E-state index in [0.29, 0.717) is 0 Å². The van der Waals surface area contributed by atoms with Crippen LogP contribution in [0.1, 0.15) is 20.3 Å². The van der Waals surface area contributed by atoms with Gasteiger partial charge in [0, 0.05) is 45.4 Å². The largest absolute Gasteiger partial charge is 0.342 e. The van der Waals surface area contributed by atoms with Gasteiger partial charge >= 0.3 is 0 Å². The van der Waals surface area contributed by atoms with Crippen LogP contribution in [0.4, 0.5) is 0 Å². The van der Waals surface area contributed by atoms with Crippen LogP contribution < -0.4 is 0 Å². The van der Waals surface area contributed by atoms with Crippen LogP contribution in [-0.2, 0) is 9.59 Å². The normalized spacial score (nSPS) is 23.9. The van der Waals surface area contributed by atoms with Crippen molar-refractivity contribution in [1.82, 2.24) is 9.80 Å². The first-order valence-electron chi connectivity index (χ1n) is 5.03. The second-order valence-corrected chi connectivity index (χ2v) is 4.57. The standard InChI is InChI=1S/C10H16N2O2/c1-8(13)11-4-3-10(5-11)6-12(7-10)9(2)14/h3-7H2,1-2H3. The second kappa shape index (κ2) is 2.97. The molecule has 2 saturated heterocycles. The Labute approximate surface area is 83.9 Å². The van der Waals surface area contributed by atoms with Crippen LogP contribution in [0, 0.1) is 5.41 Å². The third-order valence-electron chi connectivity index (χ3n) is 3.38. The van der Waals surface area contributed by atoms with Crippen molar-refractivity contribution in [3.8, 4) is 0 Å². The molecule has 0 bridgehead atoms. The van der Waals surface area contributed by atoms with Crippen LogP contribution in [-0.4, -0.2) is 47.8 Å². The van der Waals surface area contributed by atoms with Gasteiger partial charge in [-0.2, -0.15) is 0 Å². The van der Waals surface area contributed by atoms with Crippen molar-refractivity contribution in [2.75, 3.05) is 26.2 Å². The molecule has 2 aliphatic rings. The lowest BCUT2D eigenvalue weighted by Crippen LogP contribution is -2.59. The highest BCUT2D eigenvalue weighted by Crippen LogP contribution is 2.39. The monoisotopic (exact) mass is 196 g/mol. The summed E-state index contributed by atoms with van der Waals surface area (Å²) in [5.74, 6) is 0.306. The van der Waals surface area contributed by atoms with Crippen molar-refractivity contribution in [2.45, 2.75) is 20.3 Å². The van der Waals surface area contributed by atoms with Gasteiger partial charge in [-0.25, -0.2) is 0 Å². The number of nitrogens with zero attached hydrogens (tertiary/aromatic N) is 2. The molecule has 1 spiro atoms. The molecule has 4 nitrogen and oxygen atoms in total. The summed E-state index contributed by atoms with van der Waals surface area (Å²) in [6.45, 7) is 6.59. The summed E-state index contributed by atoms with van der Waals surface area (Å²) in [6.07, 6.45) is 1.05. The fraction of sp³-hybridized carbons (Fsp3) is 0.800. The van der Waals surface area contributed by atoms with Crippen molar-refractivity contribution in [1.29, 1.82) is 0 Å². The minimum Gasteiger partial charge on any atom is -0.342 e. The van der Waals surface area contributed by atoms with Crippen molar-refractivity contribution < 1.29 is 9.59 Å². The van der Waals surface area contributed by atoms with Gasteiger partial charge < -0.3 is 9.80 Å². The molecule has 2 amide bonds. The average molecular weight is 196 g/mol. The number of likely N-dealkylation sites (tertiary alicyclic amines) is 2. The Kier molecular flexibility index (Phi) is 2.01. The fourth-order valence-corrected chi connectivity index (χ4v) is 2.45. The Morgan fingerprint density at radius 3 is 1.93 bits per heavy atom. The third-order valence-corrected chi connectivity index (χ3v) is 3.38. The molecule has 0 aliphatic carbocycles. The summed E-state index contributed by atoms with van der Waals surface area (Å²) in [4.78, 5) is 25.9. The van der Waals surface area contributed by atoms with E-state index in [1.54, 1.807) is 13.8 Å². The van der Waals surface area contributed by atoms with Crippen LogP contribution >= 0.6 is 0 Å². The second-order valence-electron chi connectivity index (χ2n) is 4.57. The highest BCUT2D eigenvalue weighted by atomic mass is 16.2. The summed E-state index contributed by atoms with van der Waals surface area (Å²) >= 11 is 0. The smallest absolute Gasteiger partial charge is 0.219 e. The van der Waals surface area contributed by atoms with E-state index in [2.05, 4.69) is 0 Å². The molecule has 2 fully saturated rings. The summed E-state index contributed by atoms with van der Waals surface area (Å²) in [5.41, 5.74) is 0.233. The minimum atomic E-state index is 0.150. The number of rotatable bonds is 0. The molecule has 4 heteroatoms. The number of carbonyl (C=O) groups excluding carboxylic acids is 2. The van der Waals surface area contributed by atoms with Gasteiger partial charge in [0.1, 0.15) is 0 Å². The van der Waals surface area contributed by atoms with Gasteiger partial charge in [-0.15, -0.1) is 0 Å². The zero-order valence-electron chi connectivity index (χ0n) is 8.75. The van der Waals surface area contributed by atoms with Crippen LogP contribution in [0.2, 0.25) is 0 Å². The molecule has 2 rings (SSSR count). The zero-order valence-corrected chi connectivity index (χ0v) is 8.75. The number of amides is 2. The maximum absolute atomic E-state index is 11.1. The van der Waals surface area contributed by atoms with Crippen molar-refractivity contribution in [3.05, 3.63) is 0 Å². The van der Waals surface area contributed by atoms with E-state index in [-0.39, 0.29) is 17.2 Å². The highest BCUT2D eigenvalue weighted by Gasteiger charge is 2.48. The molecule has 0 saturated carbocycles. The maximum Gasteiger partial charge on any atom is 0.219 e. The van der Waals surface area contributed by atoms with Gasteiger partial charge in [0.15, 0.2) is 0 Å². The molecule has 2 heterocycles. The van der Waals surface area contributed by atoms with Crippen LogP contribution in [0.25, 0.3) is 0 Å². The Morgan fingerprint density at radius 1 is 1.00 bits per heavy atom. The van der Waals surface area contributed by atoms with E-state index in [1.807, 2.05) is 9.80 Å². The molecule has 0 aromatic rings. The van der Waals surface area contributed by atoms with Crippen molar-refractivity contribution in [3.63, 3.8) is 0 Å². The van der Waals surface area contributed by atoms with Crippen LogP contribution in [0.15, 0.2) is 0 Å². The minimum absolute atomic E-state index is 0.150. The number of hydrogen-bond acceptors (Lipinski definition) is 2. The molecular formula is C10H16N2O2. The SMILES string of the molecule is CC(=O)N1CCC2(C1)CN(C(C)=O)C2. The van der Waals surface area contributed by atoms with E-state index in [4.69, 9.17) is 0 Å². The topological polar surface area (TPSA) is 40.6 Å². The lowest BCUT2D eigenvalue weighted by molar-refractivity contribution is -0.140. The molecule has 0 aromatic heterocycles. The molecule has 0 atom stereocenters. The van der Waals surface area contributed by atoms with E-state index < -0.39 is 0 Å². The molecule has 0 unspecified atom stereocenters.